The summed E-state index contributed by atoms with van der Waals surface area (Å²) in [5, 5.41) is 8.05. The molecular weight excluding hydrogens is 588 g/mol. The van der Waals surface area contributed by atoms with Crippen molar-refractivity contribution in [3.05, 3.63) is 126 Å². The number of anilines is 2. The molecule has 0 bridgehead atoms. The van der Waals surface area contributed by atoms with Crippen LogP contribution in [0, 0.1) is 0 Å². The highest BCUT2D eigenvalue weighted by Crippen LogP contribution is 2.29. The van der Waals surface area contributed by atoms with Gasteiger partial charge in [-0.3, -0.25) is 19.2 Å². The monoisotopic (exact) mass is 622 g/mol. The smallest absolute Gasteiger partial charge is 0.272 e. The van der Waals surface area contributed by atoms with E-state index in [4.69, 9.17) is 10.5 Å². The summed E-state index contributed by atoms with van der Waals surface area (Å²) < 4.78 is 5.51. The Morgan fingerprint density at radius 1 is 0.800 bits per heavy atom. The van der Waals surface area contributed by atoms with Crippen molar-refractivity contribution in [1.29, 1.82) is 0 Å². The molecule has 0 aliphatic heterocycles. The lowest BCUT2D eigenvalue weighted by Crippen LogP contribution is -2.30. The maximum Gasteiger partial charge on any atom is 0.272 e. The van der Waals surface area contributed by atoms with Gasteiger partial charge in [0.1, 0.15) is 11.4 Å². The largest absolute Gasteiger partial charge is 0.494 e. The highest BCUT2D eigenvalue weighted by molar-refractivity contribution is 8.00. The molecule has 4 amide bonds. The standard InChI is InChI=1S/C35H34N4O5S/c1-3-31(35(43)37-26-17-15-24(16-18-26)32(36)40)45-29-12-8-11-27(22-29)38-34(42)30(39-33(41)25-9-6-5-7-10-25)21-23-13-19-28(20-14-23)44-4-2/h5-22,31H,3-4H2,1-2H3,(H2,36,40)(H,37,43)(H,38,42)(H,39,41)/b30-21+. The SMILES string of the molecule is CCOc1ccc(/C=C(/NC(=O)c2ccccc2)C(=O)Nc2cccc(SC(CC)C(=O)Nc3ccc(C(N)=O)cc3)c2)cc1. The summed E-state index contributed by atoms with van der Waals surface area (Å²) >= 11 is 1.36. The molecule has 0 fully saturated rings. The summed E-state index contributed by atoms with van der Waals surface area (Å²) in [4.78, 5) is 51.6. The molecule has 0 aliphatic carbocycles. The van der Waals surface area contributed by atoms with Gasteiger partial charge in [-0.15, -0.1) is 11.8 Å². The summed E-state index contributed by atoms with van der Waals surface area (Å²) in [6.07, 6.45) is 2.14. The lowest BCUT2D eigenvalue weighted by molar-refractivity contribution is -0.116. The predicted octanol–water partition coefficient (Wildman–Crippen LogP) is 6.10. The fourth-order valence-corrected chi connectivity index (χ4v) is 5.22. The summed E-state index contributed by atoms with van der Waals surface area (Å²) in [5.74, 6) is -0.983. The van der Waals surface area contributed by atoms with Gasteiger partial charge in [0.2, 0.25) is 11.8 Å². The summed E-state index contributed by atoms with van der Waals surface area (Å²) in [7, 11) is 0. The van der Waals surface area contributed by atoms with Crippen LogP contribution in [0.2, 0.25) is 0 Å². The summed E-state index contributed by atoms with van der Waals surface area (Å²) in [6, 6.07) is 29.3. The maximum atomic E-state index is 13.5. The minimum atomic E-state index is -0.542. The Hall–Kier alpha value is -5.35. The van der Waals surface area contributed by atoms with Crippen molar-refractivity contribution in [1.82, 2.24) is 5.32 Å². The van der Waals surface area contributed by atoms with E-state index in [1.54, 1.807) is 103 Å². The first kappa shape index (κ1) is 32.6. The van der Waals surface area contributed by atoms with Gasteiger partial charge in [0, 0.05) is 27.4 Å². The molecule has 9 nitrogen and oxygen atoms in total. The van der Waals surface area contributed by atoms with E-state index in [9.17, 15) is 19.2 Å². The van der Waals surface area contributed by atoms with Crippen LogP contribution in [0.5, 0.6) is 5.75 Å². The fraction of sp³-hybridized carbons (Fsp3) is 0.143. The van der Waals surface area contributed by atoms with Gasteiger partial charge >= 0.3 is 0 Å². The third-order valence-electron chi connectivity index (χ3n) is 6.50. The van der Waals surface area contributed by atoms with E-state index in [0.717, 1.165) is 4.90 Å². The third kappa shape index (κ3) is 9.57. The summed E-state index contributed by atoms with van der Waals surface area (Å²) in [5.41, 5.74) is 7.85. The molecule has 4 aromatic carbocycles. The molecule has 4 aromatic rings. The van der Waals surface area contributed by atoms with Crippen molar-refractivity contribution in [2.24, 2.45) is 5.73 Å². The van der Waals surface area contributed by atoms with Crippen molar-refractivity contribution in [2.75, 3.05) is 17.2 Å². The number of primary amides is 1. The average Bonchev–Trinajstić information content (AvgIpc) is 3.05. The molecule has 0 spiro atoms. The van der Waals surface area contributed by atoms with Crippen molar-refractivity contribution < 1.29 is 23.9 Å². The first-order valence-electron chi connectivity index (χ1n) is 14.4. The van der Waals surface area contributed by atoms with Gasteiger partial charge in [0.05, 0.1) is 11.9 Å². The second kappa shape index (κ2) is 15.9. The molecule has 4 rings (SSSR count). The Balaban J connectivity index is 1.48. The zero-order chi connectivity index (χ0) is 32.2. The Morgan fingerprint density at radius 2 is 1.51 bits per heavy atom. The third-order valence-corrected chi connectivity index (χ3v) is 7.86. The molecule has 230 valence electrons. The van der Waals surface area contributed by atoms with Crippen LogP contribution in [0.25, 0.3) is 6.08 Å². The molecular formula is C35H34N4O5S. The van der Waals surface area contributed by atoms with Crippen LogP contribution in [0.1, 0.15) is 46.5 Å². The first-order chi connectivity index (χ1) is 21.7. The quantitative estimate of drug-likeness (QED) is 0.105. The molecule has 0 heterocycles. The first-order valence-corrected chi connectivity index (χ1v) is 15.2. The molecule has 0 aliphatic rings. The van der Waals surface area contributed by atoms with Gasteiger partial charge in [0.25, 0.3) is 11.8 Å². The molecule has 45 heavy (non-hydrogen) atoms. The van der Waals surface area contributed by atoms with Crippen molar-refractivity contribution >= 4 is 52.8 Å². The Bertz CT molecular complexity index is 1670. The average molecular weight is 623 g/mol. The van der Waals surface area contributed by atoms with E-state index >= 15 is 0 Å². The van der Waals surface area contributed by atoms with Crippen LogP contribution in [0.15, 0.2) is 114 Å². The molecule has 5 N–H and O–H groups in total. The number of hydrogen-bond acceptors (Lipinski definition) is 6. The minimum absolute atomic E-state index is 0.0548. The molecule has 10 heteroatoms. The number of hydrogen-bond donors (Lipinski definition) is 4. The second-order valence-corrected chi connectivity index (χ2v) is 11.1. The van der Waals surface area contributed by atoms with Crippen LogP contribution in [0.3, 0.4) is 0 Å². The molecule has 0 saturated heterocycles. The molecule has 0 aromatic heterocycles. The van der Waals surface area contributed by atoms with Crippen LogP contribution >= 0.6 is 11.8 Å². The molecule has 0 radical (unpaired) electrons. The zero-order valence-corrected chi connectivity index (χ0v) is 25.7. The molecule has 0 saturated carbocycles. The van der Waals surface area contributed by atoms with Gasteiger partial charge in [-0.25, -0.2) is 0 Å². The predicted molar refractivity (Wildman–Crippen MR) is 178 cm³/mol. The van der Waals surface area contributed by atoms with Gasteiger partial charge in [-0.05, 0) is 91.7 Å². The molecule has 1 unspecified atom stereocenters. The second-order valence-electron chi connectivity index (χ2n) is 9.81. The number of amides is 4. The van der Waals surface area contributed by atoms with Gasteiger partial charge in [-0.2, -0.15) is 0 Å². The number of rotatable bonds is 13. The minimum Gasteiger partial charge on any atom is -0.494 e. The number of carbonyl (C=O) groups excluding carboxylic acids is 4. The van der Waals surface area contributed by atoms with E-state index in [-0.39, 0.29) is 11.6 Å². The van der Waals surface area contributed by atoms with Crippen LogP contribution in [0.4, 0.5) is 11.4 Å². The van der Waals surface area contributed by atoms with E-state index < -0.39 is 23.0 Å². The zero-order valence-electron chi connectivity index (χ0n) is 24.9. The van der Waals surface area contributed by atoms with E-state index in [2.05, 4.69) is 16.0 Å². The fourth-order valence-electron chi connectivity index (χ4n) is 4.21. The Morgan fingerprint density at radius 3 is 2.16 bits per heavy atom. The van der Waals surface area contributed by atoms with E-state index in [1.165, 1.54) is 11.8 Å². The van der Waals surface area contributed by atoms with Gasteiger partial charge in [0.15, 0.2) is 0 Å². The van der Waals surface area contributed by atoms with Crippen molar-refractivity contribution in [3.63, 3.8) is 0 Å². The lowest BCUT2D eigenvalue weighted by atomic mass is 10.1. The van der Waals surface area contributed by atoms with Crippen molar-refractivity contribution in [2.45, 2.75) is 30.4 Å². The molecule has 1 atom stereocenters. The van der Waals surface area contributed by atoms with Crippen molar-refractivity contribution in [3.8, 4) is 5.75 Å². The number of thioether (sulfide) groups is 1. The highest BCUT2D eigenvalue weighted by Gasteiger charge is 2.20. The normalized spacial score (nSPS) is 11.6. The number of carbonyl (C=O) groups is 4. The van der Waals surface area contributed by atoms with Crippen LogP contribution < -0.4 is 26.4 Å². The van der Waals surface area contributed by atoms with Crippen LogP contribution in [-0.4, -0.2) is 35.5 Å². The topological polar surface area (TPSA) is 140 Å². The lowest BCUT2D eigenvalue weighted by Gasteiger charge is -2.16. The van der Waals surface area contributed by atoms with Crippen LogP contribution in [-0.2, 0) is 9.59 Å². The number of ether oxygens (including phenoxy) is 1. The highest BCUT2D eigenvalue weighted by atomic mass is 32.2. The number of nitrogens with two attached hydrogens (primary N) is 1. The van der Waals surface area contributed by atoms with Gasteiger partial charge < -0.3 is 26.4 Å². The Labute approximate surface area is 266 Å². The maximum absolute atomic E-state index is 13.5. The number of nitrogens with one attached hydrogen (secondary N) is 3. The van der Waals surface area contributed by atoms with Gasteiger partial charge in [-0.1, -0.05) is 43.3 Å². The summed E-state index contributed by atoms with van der Waals surface area (Å²) in [6.45, 7) is 4.34. The number of benzene rings is 4. The van der Waals surface area contributed by atoms with E-state index in [0.29, 0.717) is 46.8 Å². The Kier molecular flexibility index (Phi) is 11.5. The van der Waals surface area contributed by atoms with E-state index in [1.807, 2.05) is 19.9 Å².